The minimum Gasteiger partial charge on any atom is -1.00 e. The van der Waals surface area contributed by atoms with Gasteiger partial charge < -0.3 is 23.0 Å². The number of hydrogen-bond acceptors (Lipinski definition) is 1. The molecule has 0 fully saturated rings. The first-order valence-corrected chi connectivity index (χ1v) is 7.82. The van der Waals surface area contributed by atoms with E-state index in [4.69, 9.17) is 5.73 Å². The quantitative estimate of drug-likeness (QED) is 0.703. The summed E-state index contributed by atoms with van der Waals surface area (Å²) in [4.78, 5) is 13.9. The normalized spacial score (nSPS) is 23.0. The van der Waals surface area contributed by atoms with E-state index in [1.165, 1.54) is 10.5 Å². The van der Waals surface area contributed by atoms with Crippen LogP contribution in [0.25, 0.3) is 0 Å². The van der Waals surface area contributed by atoms with Crippen LogP contribution in [0.3, 0.4) is 0 Å². The smallest absolute Gasteiger partial charge is 0.232 e. The van der Waals surface area contributed by atoms with E-state index in [2.05, 4.69) is 32.3 Å². The molecule has 1 aliphatic rings. The highest BCUT2D eigenvalue weighted by Gasteiger charge is 2.47. The van der Waals surface area contributed by atoms with Gasteiger partial charge in [-0.25, -0.2) is 0 Å². The number of primary amides is 1. The van der Waals surface area contributed by atoms with Gasteiger partial charge in [0.1, 0.15) is 6.04 Å². The van der Waals surface area contributed by atoms with Gasteiger partial charge in [0.15, 0.2) is 0 Å². The number of nitrogens with one attached hydrogen (secondary N) is 1. The van der Waals surface area contributed by atoms with E-state index in [0.717, 1.165) is 24.0 Å². The monoisotopic (exact) mass is 330 g/mol. The summed E-state index contributed by atoms with van der Waals surface area (Å²) in [6.45, 7) is 0. The van der Waals surface area contributed by atoms with Crippen molar-refractivity contribution in [3.63, 3.8) is 0 Å². The van der Waals surface area contributed by atoms with Crippen molar-refractivity contribution in [1.29, 1.82) is 0 Å². The first kappa shape index (κ1) is 17.5. The molecule has 1 amide bonds. The molecular formula is C19H23ClN2O. The Morgan fingerprint density at radius 1 is 1.09 bits per heavy atom. The van der Waals surface area contributed by atoms with Crippen molar-refractivity contribution >= 4 is 5.91 Å². The lowest BCUT2D eigenvalue weighted by atomic mass is 9.64. The maximum atomic E-state index is 12.5. The molecule has 0 aliphatic heterocycles. The molecule has 3 rings (SSSR count). The fraction of sp³-hybridized carbons (Fsp3) is 0.316. The molecule has 2 atom stereocenters. The molecule has 0 aromatic heterocycles. The fourth-order valence-electron chi connectivity index (χ4n) is 3.86. The standard InChI is InChI=1S/C19H22N2O.ClH/c1-21(2)17-12-13-19(18(20)22,14-8-4-3-5-9-14)16-11-7-6-10-15(16)17;/h3-11,17H,12-13H2,1-2H3,(H2,20,22);1H/t17-,19-;/m1./s1. The van der Waals surface area contributed by atoms with Crippen LogP contribution in [0.2, 0.25) is 0 Å². The molecule has 0 bridgehead atoms. The van der Waals surface area contributed by atoms with Crippen LogP contribution in [0.4, 0.5) is 0 Å². The second-order valence-corrected chi connectivity index (χ2v) is 6.39. The molecule has 0 saturated carbocycles. The minimum absolute atomic E-state index is 0. The van der Waals surface area contributed by atoms with Gasteiger partial charge in [-0.2, -0.15) is 0 Å². The average molecular weight is 331 g/mol. The Labute approximate surface area is 143 Å². The van der Waals surface area contributed by atoms with Gasteiger partial charge in [0.05, 0.1) is 19.5 Å². The van der Waals surface area contributed by atoms with Gasteiger partial charge in [-0.1, -0.05) is 54.6 Å². The number of amides is 1. The molecule has 1 aliphatic carbocycles. The van der Waals surface area contributed by atoms with Crippen molar-refractivity contribution in [3.05, 3.63) is 71.3 Å². The van der Waals surface area contributed by atoms with Crippen molar-refractivity contribution in [2.45, 2.75) is 24.3 Å². The molecule has 3 nitrogen and oxygen atoms in total. The van der Waals surface area contributed by atoms with E-state index in [1.807, 2.05) is 36.4 Å². The van der Waals surface area contributed by atoms with Gasteiger partial charge in [0, 0.05) is 12.0 Å². The lowest BCUT2D eigenvalue weighted by Crippen LogP contribution is -3.06. The summed E-state index contributed by atoms with van der Waals surface area (Å²) < 4.78 is 0. The predicted molar refractivity (Wildman–Crippen MR) is 87.6 cm³/mol. The van der Waals surface area contributed by atoms with Crippen molar-refractivity contribution in [3.8, 4) is 0 Å². The molecule has 0 spiro atoms. The number of carbonyl (C=O) groups is 1. The van der Waals surface area contributed by atoms with Crippen LogP contribution >= 0.6 is 0 Å². The van der Waals surface area contributed by atoms with Crippen molar-refractivity contribution in [1.82, 2.24) is 0 Å². The highest BCUT2D eigenvalue weighted by Crippen LogP contribution is 2.45. The Morgan fingerprint density at radius 3 is 2.30 bits per heavy atom. The summed E-state index contributed by atoms with van der Waals surface area (Å²) in [6.07, 6.45) is 1.72. The summed E-state index contributed by atoms with van der Waals surface area (Å²) in [6, 6.07) is 18.7. The third kappa shape index (κ3) is 2.75. The number of benzene rings is 2. The van der Waals surface area contributed by atoms with Crippen LogP contribution in [0.15, 0.2) is 54.6 Å². The predicted octanol–water partition coefficient (Wildman–Crippen LogP) is -1.56. The molecular weight excluding hydrogens is 308 g/mol. The van der Waals surface area contributed by atoms with Gasteiger partial charge in [-0.15, -0.1) is 0 Å². The van der Waals surface area contributed by atoms with Crippen molar-refractivity contribution < 1.29 is 22.1 Å². The summed E-state index contributed by atoms with van der Waals surface area (Å²) in [5, 5.41) is 0. The Bertz CT molecular complexity index is 687. The zero-order valence-corrected chi connectivity index (χ0v) is 14.3. The highest BCUT2D eigenvalue weighted by molar-refractivity contribution is 5.91. The molecule has 2 aromatic carbocycles. The number of nitrogens with two attached hydrogens (primary N) is 1. The van der Waals surface area contributed by atoms with Crippen molar-refractivity contribution in [2.75, 3.05) is 14.1 Å². The van der Waals surface area contributed by atoms with Crippen LogP contribution in [-0.2, 0) is 10.2 Å². The highest BCUT2D eigenvalue weighted by atomic mass is 35.5. The maximum Gasteiger partial charge on any atom is 0.232 e. The second-order valence-electron chi connectivity index (χ2n) is 6.39. The first-order valence-electron chi connectivity index (χ1n) is 7.82. The number of rotatable bonds is 3. The number of quaternary nitrogens is 1. The van der Waals surface area contributed by atoms with Crippen LogP contribution in [0, 0.1) is 0 Å². The Kier molecular flexibility index (Phi) is 5.12. The topological polar surface area (TPSA) is 47.5 Å². The van der Waals surface area contributed by atoms with E-state index < -0.39 is 5.41 Å². The summed E-state index contributed by atoms with van der Waals surface area (Å²) in [7, 11) is 4.34. The summed E-state index contributed by atoms with van der Waals surface area (Å²) in [5.41, 5.74) is 8.54. The molecule has 0 heterocycles. The minimum atomic E-state index is -0.705. The van der Waals surface area contributed by atoms with Crippen molar-refractivity contribution in [2.24, 2.45) is 5.73 Å². The molecule has 0 saturated heterocycles. The fourth-order valence-corrected chi connectivity index (χ4v) is 3.86. The molecule has 0 radical (unpaired) electrons. The zero-order chi connectivity index (χ0) is 15.7. The van der Waals surface area contributed by atoms with E-state index in [-0.39, 0.29) is 18.3 Å². The van der Waals surface area contributed by atoms with Gasteiger partial charge in [0.25, 0.3) is 0 Å². The molecule has 0 unspecified atom stereocenters. The first-order chi connectivity index (χ1) is 10.6. The van der Waals surface area contributed by atoms with Crippen LogP contribution in [0.1, 0.15) is 35.6 Å². The summed E-state index contributed by atoms with van der Waals surface area (Å²) >= 11 is 0. The third-order valence-corrected chi connectivity index (χ3v) is 4.99. The second kappa shape index (κ2) is 6.73. The van der Waals surface area contributed by atoms with Gasteiger partial charge >= 0.3 is 0 Å². The van der Waals surface area contributed by atoms with Gasteiger partial charge in [-0.3, -0.25) is 4.79 Å². The van der Waals surface area contributed by atoms with E-state index >= 15 is 0 Å². The number of hydrogen-bond donors (Lipinski definition) is 2. The lowest BCUT2D eigenvalue weighted by molar-refractivity contribution is -0.893. The molecule has 3 N–H and O–H groups in total. The molecule has 23 heavy (non-hydrogen) atoms. The Morgan fingerprint density at radius 2 is 1.70 bits per heavy atom. The number of fused-ring (bicyclic) bond motifs is 1. The van der Waals surface area contributed by atoms with Gasteiger partial charge in [-0.05, 0) is 17.5 Å². The van der Waals surface area contributed by atoms with Crippen LogP contribution in [0.5, 0.6) is 0 Å². The SMILES string of the molecule is C[NH+](C)[C@@H]1CC[C@@](C(N)=O)(c2ccccc2)c2ccccc21.[Cl-]. The zero-order valence-electron chi connectivity index (χ0n) is 13.6. The Hall–Kier alpha value is -1.84. The number of carbonyl (C=O) groups excluding carboxylic acids is 1. The van der Waals surface area contributed by atoms with Crippen LogP contribution < -0.4 is 23.0 Å². The number of halogens is 1. The van der Waals surface area contributed by atoms with Crippen LogP contribution in [-0.4, -0.2) is 20.0 Å². The van der Waals surface area contributed by atoms with E-state index in [0.29, 0.717) is 6.04 Å². The average Bonchev–Trinajstić information content (AvgIpc) is 2.54. The summed E-state index contributed by atoms with van der Waals surface area (Å²) in [5.74, 6) is -0.252. The molecule has 122 valence electrons. The molecule has 2 aromatic rings. The lowest BCUT2D eigenvalue weighted by Gasteiger charge is -2.40. The van der Waals surface area contributed by atoms with Gasteiger partial charge in [0.2, 0.25) is 5.91 Å². The Balaban J connectivity index is 0.00000192. The van der Waals surface area contributed by atoms with E-state index in [1.54, 1.807) is 0 Å². The molecule has 4 heteroatoms. The maximum absolute atomic E-state index is 12.5. The van der Waals surface area contributed by atoms with E-state index in [9.17, 15) is 4.79 Å². The third-order valence-electron chi connectivity index (χ3n) is 4.99. The largest absolute Gasteiger partial charge is 1.00 e.